The number of fused-ring (bicyclic) bond motifs is 1. The summed E-state index contributed by atoms with van der Waals surface area (Å²) in [6.07, 6.45) is 1.39. The molecule has 0 spiro atoms. The molecular weight excluding hydrogens is 328 g/mol. The highest BCUT2D eigenvalue weighted by atomic mass is 16.5. The van der Waals surface area contributed by atoms with Crippen molar-refractivity contribution in [3.05, 3.63) is 28.0 Å². The van der Waals surface area contributed by atoms with Crippen LogP contribution in [0.15, 0.2) is 15.5 Å². The molecule has 0 aliphatic heterocycles. The molecule has 0 saturated carbocycles. The van der Waals surface area contributed by atoms with Crippen molar-refractivity contribution in [2.75, 3.05) is 20.2 Å². The molecule has 0 bridgehead atoms. The number of carbonyl (C=O) groups is 2. The number of aromatic nitrogens is 2. The molecule has 0 aliphatic rings. The summed E-state index contributed by atoms with van der Waals surface area (Å²) in [4.78, 5) is 42.3. The van der Waals surface area contributed by atoms with Gasteiger partial charge < -0.3 is 14.1 Å². The molecule has 2 heterocycles. The molecule has 2 aromatic heterocycles. The number of likely N-dealkylation sites (N-methyl/N-ethyl adjacent to an activating group) is 1. The fourth-order valence-corrected chi connectivity index (χ4v) is 2.31. The number of amides is 1. The van der Waals surface area contributed by atoms with Crippen LogP contribution in [0, 0.1) is 18.3 Å². The number of ether oxygens (including phenoxy) is 1. The molecule has 0 unspecified atom stereocenters. The first kappa shape index (κ1) is 18.2. The van der Waals surface area contributed by atoms with E-state index in [0.717, 1.165) is 4.57 Å². The number of nitriles is 1. The highest BCUT2D eigenvalue weighted by Crippen LogP contribution is 2.21. The summed E-state index contributed by atoms with van der Waals surface area (Å²) in [5.74, 6) is -0.794. The molecule has 25 heavy (non-hydrogen) atoms. The van der Waals surface area contributed by atoms with Gasteiger partial charge in [-0.15, -0.1) is 0 Å². The molecule has 9 heteroatoms. The standard InChI is InChI=1S/C16H18N4O5/c1-4-24-16(23)12-10(2)25-14-13(12)15(22)20(9-18-14)8-11(21)19(3)7-5-6-17/h9H,4-5,7-8H2,1-3H3. The Bertz CT molecular complexity index is 906. The lowest BCUT2D eigenvalue weighted by atomic mass is 10.2. The molecule has 132 valence electrons. The van der Waals surface area contributed by atoms with Crippen LogP contribution in [0.3, 0.4) is 0 Å². The number of carbonyl (C=O) groups excluding carboxylic acids is 2. The number of nitrogens with zero attached hydrogens (tertiary/aromatic N) is 4. The van der Waals surface area contributed by atoms with E-state index in [0.29, 0.717) is 0 Å². The highest BCUT2D eigenvalue weighted by Gasteiger charge is 2.24. The maximum Gasteiger partial charge on any atom is 0.342 e. The second kappa shape index (κ2) is 7.61. The van der Waals surface area contributed by atoms with Crippen molar-refractivity contribution in [3.8, 4) is 6.07 Å². The van der Waals surface area contributed by atoms with Crippen LogP contribution >= 0.6 is 0 Å². The Hall–Kier alpha value is -3.15. The molecule has 0 radical (unpaired) electrons. The maximum absolute atomic E-state index is 12.7. The predicted octanol–water partition coefficient (Wildman–Crippen LogP) is 0.847. The summed E-state index contributed by atoms with van der Waals surface area (Å²) >= 11 is 0. The molecular formula is C16H18N4O5. The van der Waals surface area contributed by atoms with Gasteiger partial charge in [0.25, 0.3) is 5.56 Å². The van der Waals surface area contributed by atoms with Crippen LogP contribution in [0.5, 0.6) is 0 Å². The minimum Gasteiger partial charge on any atom is -0.462 e. The molecule has 9 nitrogen and oxygen atoms in total. The Morgan fingerprint density at radius 3 is 2.84 bits per heavy atom. The smallest absolute Gasteiger partial charge is 0.342 e. The average Bonchev–Trinajstić information content (AvgIpc) is 2.92. The zero-order chi connectivity index (χ0) is 18.6. The topological polar surface area (TPSA) is 118 Å². The van der Waals surface area contributed by atoms with Crippen LogP contribution in [-0.4, -0.2) is 46.5 Å². The fraction of sp³-hybridized carbons (Fsp3) is 0.438. The van der Waals surface area contributed by atoms with Gasteiger partial charge in [-0.05, 0) is 13.8 Å². The van der Waals surface area contributed by atoms with E-state index in [1.54, 1.807) is 20.9 Å². The van der Waals surface area contributed by atoms with E-state index in [9.17, 15) is 14.4 Å². The van der Waals surface area contributed by atoms with Crippen molar-refractivity contribution in [1.82, 2.24) is 14.5 Å². The van der Waals surface area contributed by atoms with Gasteiger partial charge in [-0.1, -0.05) is 0 Å². The zero-order valence-corrected chi connectivity index (χ0v) is 14.2. The van der Waals surface area contributed by atoms with E-state index in [1.807, 2.05) is 6.07 Å². The number of aryl methyl sites for hydroxylation is 1. The molecule has 0 aliphatic carbocycles. The minimum absolute atomic E-state index is 0.00840. The second-order valence-corrected chi connectivity index (χ2v) is 5.33. The largest absolute Gasteiger partial charge is 0.462 e. The van der Waals surface area contributed by atoms with Crippen LogP contribution in [0.4, 0.5) is 0 Å². The molecule has 0 N–H and O–H groups in total. The first-order valence-corrected chi connectivity index (χ1v) is 7.67. The van der Waals surface area contributed by atoms with Crippen molar-refractivity contribution < 1.29 is 18.7 Å². The molecule has 2 rings (SSSR count). The Morgan fingerprint density at radius 2 is 2.20 bits per heavy atom. The van der Waals surface area contributed by atoms with Crippen LogP contribution in [-0.2, 0) is 16.1 Å². The van der Waals surface area contributed by atoms with Crippen LogP contribution < -0.4 is 5.56 Å². The highest BCUT2D eigenvalue weighted by molar-refractivity contribution is 6.03. The summed E-state index contributed by atoms with van der Waals surface area (Å²) < 4.78 is 11.4. The van der Waals surface area contributed by atoms with Gasteiger partial charge in [-0.25, -0.2) is 9.78 Å². The molecule has 0 aromatic carbocycles. The Labute approximate surface area is 143 Å². The number of furan rings is 1. The third-order valence-corrected chi connectivity index (χ3v) is 3.62. The third-order valence-electron chi connectivity index (χ3n) is 3.62. The summed E-state index contributed by atoms with van der Waals surface area (Å²) in [7, 11) is 1.54. The van der Waals surface area contributed by atoms with Crippen LogP contribution in [0.25, 0.3) is 11.1 Å². The molecule has 0 fully saturated rings. The lowest BCUT2D eigenvalue weighted by molar-refractivity contribution is -0.130. The van der Waals surface area contributed by atoms with Gasteiger partial charge in [0.1, 0.15) is 29.6 Å². The van der Waals surface area contributed by atoms with Gasteiger partial charge in [-0.3, -0.25) is 14.2 Å². The van der Waals surface area contributed by atoms with E-state index < -0.39 is 11.5 Å². The molecule has 2 aromatic rings. The van der Waals surface area contributed by atoms with Crippen molar-refractivity contribution in [2.24, 2.45) is 0 Å². The number of rotatable bonds is 6. The number of hydrogen-bond acceptors (Lipinski definition) is 7. The molecule has 0 saturated heterocycles. The second-order valence-electron chi connectivity index (χ2n) is 5.33. The van der Waals surface area contributed by atoms with E-state index >= 15 is 0 Å². The predicted molar refractivity (Wildman–Crippen MR) is 86.8 cm³/mol. The molecule has 0 atom stereocenters. The van der Waals surface area contributed by atoms with Crippen molar-refractivity contribution in [3.63, 3.8) is 0 Å². The van der Waals surface area contributed by atoms with Crippen molar-refractivity contribution in [1.29, 1.82) is 5.26 Å². The first-order valence-electron chi connectivity index (χ1n) is 7.67. The normalized spacial score (nSPS) is 10.5. The summed E-state index contributed by atoms with van der Waals surface area (Å²) in [6.45, 7) is 3.36. The van der Waals surface area contributed by atoms with Gasteiger partial charge >= 0.3 is 5.97 Å². The van der Waals surface area contributed by atoms with Gasteiger partial charge in [0.2, 0.25) is 11.6 Å². The average molecular weight is 346 g/mol. The van der Waals surface area contributed by atoms with E-state index in [1.165, 1.54) is 11.2 Å². The van der Waals surface area contributed by atoms with Crippen molar-refractivity contribution >= 4 is 23.0 Å². The van der Waals surface area contributed by atoms with Crippen LogP contribution in [0.2, 0.25) is 0 Å². The van der Waals surface area contributed by atoms with E-state index in [-0.39, 0.29) is 54.4 Å². The zero-order valence-electron chi connectivity index (χ0n) is 14.2. The Balaban J connectivity index is 2.41. The quantitative estimate of drug-likeness (QED) is 0.711. The Kier molecular flexibility index (Phi) is 5.54. The van der Waals surface area contributed by atoms with Crippen molar-refractivity contribution in [2.45, 2.75) is 26.8 Å². The van der Waals surface area contributed by atoms with Gasteiger partial charge in [0.05, 0.1) is 19.1 Å². The van der Waals surface area contributed by atoms with Gasteiger partial charge in [0.15, 0.2) is 0 Å². The maximum atomic E-state index is 12.7. The lowest BCUT2D eigenvalue weighted by Gasteiger charge is -2.15. The number of hydrogen-bond donors (Lipinski definition) is 0. The fourth-order valence-electron chi connectivity index (χ4n) is 2.31. The Morgan fingerprint density at radius 1 is 1.48 bits per heavy atom. The van der Waals surface area contributed by atoms with E-state index in [4.69, 9.17) is 14.4 Å². The summed E-state index contributed by atoms with van der Waals surface area (Å²) in [6, 6.07) is 1.95. The first-order chi connectivity index (χ1) is 11.9. The molecule has 1 amide bonds. The summed E-state index contributed by atoms with van der Waals surface area (Å²) in [5, 5.41) is 8.56. The lowest BCUT2D eigenvalue weighted by Crippen LogP contribution is -2.34. The monoisotopic (exact) mass is 346 g/mol. The summed E-state index contributed by atoms with van der Waals surface area (Å²) in [5.41, 5.74) is -0.520. The van der Waals surface area contributed by atoms with Gasteiger partial charge in [0, 0.05) is 13.6 Å². The van der Waals surface area contributed by atoms with Gasteiger partial charge in [-0.2, -0.15) is 5.26 Å². The van der Waals surface area contributed by atoms with E-state index in [2.05, 4.69) is 4.98 Å². The minimum atomic E-state index is -0.673. The van der Waals surface area contributed by atoms with Crippen LogP contribution in [0.1, 0.15) is 29.5 Å². The number of esters is 1. The SMILES string of the molecule is CCOC(=O)c1c(C)oc2ncn(CC(=O)N(C)CCC#N)c(=O)c12. The third kappa shape index (κ3) is 3.68.